The Balaban J connectivity index is 1.52. The number of anilines is 3. The van der Waals surface area contributed by atoms with Gasteiger partial charge in [-0.3, -0.25) is 4.57 Å². The molecule has 4 N–H and O–H groups in total. The fraction of sp³-hybridized carbons (Fsp3) is 0.560. The van der Waals surface area contributed by atoms with E-state index in [2.05, 4.69) is 20.6 Å². The van der Waals surface area contributed by atoms with E-state index in [0.717, 1.165) is 25.7 Å². The van der Waals surface area contributed by atoms with Gasteiger partial charge in [-0.05, 0) is 64.7 Å². The van der Waals surface area contributed by atoms with Gasteiger partial charge in [-0.2, -0.15) is 4.98 Å². The van der Waals surface area contributed by atoms with Crippen molar-refractivity contribution in [1.82, 2.24) is 19.5 Å². The first-order chi connectivity index (χ1) is 17.1. The van der Waals surface area contributed by atoms with Crippen molar-refractivity contribution in [2.45, 2.75) is 82.6 Å². The number of nitrogens with one attached hydrogen (secondary N) is 2. The number of rotatable bonds is 6. The van der Waals surface area contributed by atoms with Crippen LogP contribution in [0.15, 0.2) is 18.3 Å². The summed E-state index contributed by atoms with van der Waals surface area (Å²) in [7, 11) is 0. The van der Waals surface area contributed by atoms with Gasteiger partial charge in [0.25, 0.3) is 0 Å². The van der Waals surface area contributed by atoms with E-state index in [0.29, 0.717) is 48.5 Å². The normalized spacial score (nSPS) is 24.9. The van der Waals surface area contributed by atoms with E-state index in [4.69, 9.17) is 4.98 Å². The summed E-state index contributed by atoms with van der Waals surface area (Å²) in [6, 6.07) is 1.23. The minimum absolute atomic E-state index is 0.0280. The van der Waals surface area contributed by atoms with E-state index >= 15 is 0 Å². The SMILES string of the molecule is CC(C)(O)C1CC[C@H](n2c(Nc3c(F)cc(F)cc3F)nc3cnc(N[C@H]4CC[C@H](O)CC4)nc32)C1. The maximum Gasteiger partial charge on any atom is 0.224 e. The zero-order valence-electron chi connectivity index (χ0n) is 20.3. The van der Waals surface area contributed by atoms with E-state index in [1.807, 2.05) is 0 Å². The van der Waals surface area contributed by atoms with Crippen LogP contribution in [0.5, 0.6) is 0 Å². The lowest BCUT2D eigenvalue weighted by Gasteiger charge is -2.26. The van der Waals surface area contributed by atoms with E-state index in [-0.39, 0.29) is 30.1 Å². The second-order valence-corrected chi connectivity index (χ2v) is 10.5. The molecule has 3 aromatic rings. The van der Waals surface area contributed by atoms with Crippen molar-refractivity contribution >= 4 is 28.7 Å². The number of hydrogen-bond donors (Lipinski definition) is 4. The molecule has 5 rings (SSSR count). The highest BCUT2D eigenvalue weighted by atomic mass is 19.1. The van der Waals surface area contributed by atoms with Gasteiger partial charge in [0, 0.05) is 24.2 Å². The Morgan fingerprint density at radius 1 is 1.00 bits per heavy atom. The first-order valence-corrected chi connectivity index (χ1v) is 12.4. The number of nitrogens with zero attached hydrogens (tertiary/aromatic N) is 4. The summed E-state index contributed by atoms with van der Waals surface area (Å²) >= 11 is 0. The topological polar surface area (TPSA) is 108 Å². The molecule has 0 aliphatic heterocycles. The summed E-state index contributed by atoms with van der Waals surface area (Å²) in [6.45, 7) is 3.56. The Hall–Kier alpha value is -2.92. The maximum atomic E-state index is 14.5. The molecule has 0 radical (unpaired) electrons. The van der Waals surface area contributed by atoms with Crippen LogP contribution in [0.1, 0.15) is 64.8 Å². The van der Waals surface area contributed by atoms with E-state index in [1.54, 1.807) is 24.6 Å². The average molecular weight is 505 g/mol. The van der Waals surface area contributed by atoms with Gasteiger partial charge in [0.05, 0.1) is 17.9 Å². The molecule has 0 amide bonds. The molecule has 11 heteroatoms. The number of aliphatic hydroxyl groups is 2. The first kappa shape index (κ1) is 24.8. The summed E-state index contributed by atoms with van der Waals surface area (Å²) in [5.74, 6) is -2.54. The molecule has 36 heavy (non-hydrogen) atoms. The van der Waals surface area contributed by atoms with Crippen LogP contribution in [-0.4, -0.2) is 47.5 Å². The molecule has 2 aliphatic rings. The fourth-order valence-electron chi connectivity index (χ4n) is 5.40. The Morgan fingerprint density at radius 3 is 2.33 bits per heavy atom. The number of aliphatic hydroxyl groups excluding tert-OH is 1. The Kier molecular flexibility index (Phi) is 6.54. The van der Waals surface area contributed by atoms with Gasteiger partial charge in [0.1, 0.15) is 17.0 Å². The van der Waals surface area contributed by atoms with Gasteiger partial charge in [0.2, 0.25) is 11.9 Å². The number of aromatic nitrogens is 4. The molecule has 2 atom stereocenters. The summed E-state index contributed by atoms with van der Waals surface area (Å²) in [5.41, 5.74) is -0.440. The maximum absolute atomic E-state index is 14.5. The Morgan fingerprint density at radius 2 is 1.69 bits per heavy atom. The minimum Gasteiger partial charge on any atom is -0.393 e. The number of halogens is 3. The molecule has 2 aliphatic carbocycles. The third-order valence-electron chi connectivity index (χ3n) is 7.48. The first-order valence-electron chi connectivity index (χ1n) is 12.4. The zero-order valence-corrected chi connectivity index (χ0v) is 20.3. The molecule has 1 unspecified atom stereocenters. The molecule has 194 valence electrons. The Bertz CT molecular complexity index is 1230. The monoisotopic (exact) mass is 504 g/mol. The van der Waals surface area contributed by atoms with Crippen LogP contribution in [-0.2, 0) is 0 Å². The second-order valence-electron chi connectivity index (χ2n) is 10.5. The molecular formula is C25H31F3N6O2. The summed E-state index contributed by atoms with van der Waals surface area (Å²) < 4.78 is 44.2. The summed E-state index contributed by atoms with van der Waals surface area (Å²) in [6.07, 6.45) is 6.42. The van der Waals surface area contributed by atoms with Crippen LogP contribution >= 0.6 is 0 Å². The highest BCUT2D eigenvalue weighted by Crippen LogP contribution is 2.43. The van der Waals surface area contributed by atoms with E-state index in [9.17, 15) is 23.4 Å². The predicted molar refractivity (Wildman–Crippen MR) is 129 cm³/mol. The van der Waals surface area contributed by atoms with Gasteiger partial charge in [-0.25, -0.2) is 23.1 Å². The van der Waals surface area contributed by atoms with Gasteiger partial charge >= 0.3 is 0 Å². The van der Waals surface area contributed by atoms with Crippen molar-refractivity contribution in [2.75, 3.05) is 10.6 Å². The van der Waals surface area contributed by atoms with Gasteiger partial charge in [-0.1, -0.05) is 0 Å². The number of benzene rings is 1. The van der Waals surface area contributed by atoms with Crippen LogP contribution in [0.3, 0.4) is 0 Å². The van der Waals surface area contributed by atoms with Crippen molar-refractivity contribution in [3.8, 4) is 0 Å². The van der Waals surface area contributed by atoms with E-state index < -0.39 is 28.7 Å². The van der Waals surface area contributed by atoms with Crippen molar-refractivity contribution in [3.05, 3.63) is 35.8 Å². The highest BCUT2D eigenvalue weighted by Gasteiger charge is 2.37. The molecule has 1 aromatic carbocycles. The number of imidazole rings is 1. The quantitative estimate of drug-likeness (QED) is 0.381. The molecule has 2 heterocycles. The van der Waals surface area contributed by atoms with Crippen LogP contribution in [0.4, 0.5) is 30.8 Å². The number of hydrogen-bond acceptors (Lipinski definition) is 7. The minimum atomic E-state index is -1.07. The van der Waals surface area contributed by atoms with Gasteiger partial charge in [0.15, 0.2) is 17.3 Å². The van der Waals surface area contributed by atoms with Gasteiger partial charge < -0.3 is 20.8 Å². The molecular weight excluding hydrogens is 473 g/mol. The van der Waals surface area contributed by atoms with Crippen LogP contribution in [0.25, 0.3) is 11.2 Å². The summed E-state index contributed by atoms with van der Waals surface area (Å²) in [5, 5.41) is 26.4. The van der Waals surface area contributed by atoms with Crippen molar-refractivity contribution < 1.29 is 23.4 Å². The van der Waals surface area contributed by atoms with Crippen molar-refractivity contribution in [3.63, 3.8) is 0 Å². The molecule has 2 saturated carbocycles. The third kappa shape index (κ3) is 4.99. The average Bonchev–Trinajstić information content (AvgIpc) is 3.42. The molecule has 8 nitrogen and oxygen atoms in total. The number of fused-ring (bicyclic) bond motifs is 1. The zero-order chi connectivity index (χ0) is 25.6. The van der Waals surface area contributed by atoms with Crippen LogP contribution in [0, 0.1) is 23.4 Å². The highest BCUT2D eigenvalue weighted by molar-refractivity contribution is 5.76. The van der Waals surface area contributed by atoms with Crippen LogP contribution in [0.2, 0.25) is 0 Å². The fourth-order valence-corrected chi connectivity index (χ4v) is 5.40. The lowest BCUT2D eigenvalue weighted by molar-refractivity contribution is 0.0186. The van der Waals surface area contributed by atoms with Gasteiger partial charge in [-0.15, -0.1) is 0 Å². The molecule has 0 bridgehead atoms. The molecule has 2 fully saturated rings. The predicted octanol–water partition coefficient (Wildman–Crippen LogP) is 4.81. The van der Waals surface area contributed by atoms with Crippen molar-refractivity contribution in [2.24, 2.45) is 5.92 Å². The second kappa shape index (κ2) is 9.51. The third-order valence-corrected chi connectivity index (χ3v) is 7.48. The molecule has 0 saturated heterocycles. The standard InChI is InChI=1S/C25H31F3N6O2/c1-25(2,36)13-3-6-16(9-13)34-22-20(12-29-23(33-22)30-15-4-7-17(35)8-5-15)31-24(34)32-21-18(27)10-14(26)11-19(21)28/h10-13,15-17,35-36H,3-9H2,1-2H3,(H,31,32)(H,29,30,33)/t13?,15-,16-,17-/m0/s1. The van der Waals surface area contributed by atoms with E-state index in [1.165, 1.54) is 0 Å². The van der Waals surface area contributed by atoms with Crippen LogP contribution < -0.4 is 10.6 Å². The lowest BCUT2D eigenvalue weighted by Crippen LogP contribution is -2.29. The molecule has 2 aromatic heterocycles. The Labute approximate surface area is 207 Å². The van der Waals surface area contributed by atoms with Crippen molar-refractivity contribution in [1.29, 1.82) is 0 Å². The lowest BCUT2D eigenvalue weighted by atomic mass is 9.89. The molecule has 0 spiro atoms. The largest absolute Gasteiger partial charge is 0.393 e. The smallest absolute Gasteiger partial charge is 0.224 e. The summed E-state index contributed by atoms with van der Waals surface area (Å²) in [4.78, 5) is 13.6.